The number of benzene rings is 1. The summed E-state index contributed by atoms with van der Waals surface area (Å²) in [5.74, 6) is -0.417. The summed E-state index contributed by atoms with van der Waals surface area (Å²) in [6.45, 7) is 3.88. The SMILES string of the molecule is CCCCCCCCC(=O)c1cccc(C)c1F. The Morgan fingerprint density at radius 2 is 1.78 bits per heavy atom. The Morgan fingerprint density at radius 1 is 1.11 bits per heavy atom. The van der Waals surface area contributed by atoms with Crippen LogP contribution in [0.4, 0.5) is 4.39 Å². The van der Waals surface area contributed by atoms with Gasteiger partial charge in [0.2, 0.25) is 0 Å². The van der Waals surface area contributed by atoms with E-state index in [0.29, 0.717) is 12.0 Å². The number of hydrogen-bond acceptors (Lipinski definition) is 1. The Kier molecular flexibility index (Phi) is 6.63. The van der Waals surface area contributed by atoms with Gasteiger partial charge in [-0.15, -0.1) is 0 Å². The molecule has 0 aliphatic carbocycles. The largest absolute Gasteiger partial charge is 0.294 e. The number of aryl methyl sites for hydroxylation is 1. The van der Waals surface area contributed by atoms with Crippen LogP contribution in [0.25, 0.3) is 0 Å². The van der Waals surface area contributed by atoms with Gasteiger partial charge in [-0.1, -0.05) is 51.2 Å². The van der Waals surface area contributed by atoms with Crippen LogP contribution < -0.4 is 0 Å². The molecule has 0 saturated carbocycles. The lowest BCUT2D eigenvalue weighted by atomic mass is 10.0. The summed E-state index contributed by atoms with van der Waals surface area (Å²) in [7, 11) is 0. The van der Waals surface area contributed by atoms with Gasteiger partial charge in [-0.05, 0) is 25.0 Å². The van der Waals surface area contributed by atoms with E-state index >= 15 is 0 Å². The van der Waals surface area contributed by atoms with Crippen LogP contribution in [-0.4, -0.2) is 5.78 Å². The summed E-state index contributed by atoms with van der Waals surface area (Å²) in [5, 5.41) is 0. The first-order chi connectivity index (χ1) is 8.66. The first kappa shape index (κ1) is 14.9. The highest BCUT2D eigenvalue weighted by molar-refractivity contribution is 5.96. The fraction of sp³-hybridized carbons (Fsp3) is 0.562. The Balaban J connectivity index is 2.35. The zero-order chi connectivity index (χ0) is 13.4. The smallest absolute Gasteiger partial charge is 0.165 e. The molecule has 0 bridgehead atoms. The van der Waals surface area contributed by atoms with Gasteiger partial charge < -0.3 is 0 Å². The van der Waals surface area contributed by atoms with Crippen molar-refractivity contribution in [1.29, 1.82) is 0 Å². The van der Waals surface area contributed by atoms with Crippen molar-refractivity contribution in [3.63, 3.8) is 0 Å². The molecule has 0 aliphatic rings. The highest BCUT2D eigenvalue weighted by Crippen LogP contribution is 2.16. The molecule has 18 heavy (non-hydrogen) atoms. The van der Waals surface area contributed by atoms with Crippen molar-refractivity contribution in [2.24, 2.45) is 0 Å². The highest BCUT2D eigenvalue weighted by Gasteiger charge is 2.12. The number of carbonyl (C=O) groups is 1. The van der Waals surface area contributed by atoms with E-state index in [2.05, 4.69) is 6.92 Å². The van der Waals surface area contributed by atoms with Crippen LogP contribution in [0.15, 0.2) is 18.2 Å². The molecule has 0 saturated heterocycles. The van der Waals surface area contributed by atoms with Crippen molar-refractivity contribution in [1.82, 2.24) is 0 Å². The second-order valence-electron chi connectivity index (χ2n) is 4.88. The van der Waals surface area contributed by atoms with Crippen LogP contribution in [0.1, 0.15) is 67.8 Å². The van der Waals surface area contributed by atoms with Gasteiger partial charge in [0.15, 0.2) is 5.78 Å². The summed E-state index contributed by atoms with van der Waals surface area (Å²) in [6.07, 6.45) is 7.32. The van der Waals surface area contributed by atoms with E-state index in [-0.39, 0.29) is 17.2 Å². The normalized spacial score (nSPS) is 10.6. The van der Waals surface area contributed by atoms with Gasteiger partial charge >= 0.3 is 0 Å². The van der Waals surface area contributed by atoms with Crippen LogP contribution in [0.5, 0.6) is 0 Å². The van der Waals surface area contributed by atoms with E-state index in [9.17, 15) is 9.18 Å². The molecule has 1 rings (SSSR count). The molecular formula is C16H23FO. The number of Topliss-reactive ketones (excluding diaryl/α,β-unsaturated/α-hetero) is 1. The Bertz CT molecular complexity index is 385. The molecule has 0 unspecified atom stereocenters. The minimum atomic E-state index is -0.353. The second-order valence-corrected chi connectivity index (χ2v) is 4.88. The first-order valence-corrected chi connectivity index (χ1v) is 6.95. The number of hydrogen-bond donors (Lipinski definition) is 0. The highest BCUT2D eigenvalue weighted by atomic mass is 19.1. The summed E-state index contributed by atoms with van der Waals surface area (Å²) in [4.78, 5) is 11.9. The minimum Gasteiger partial charge on any atom is -0.294 e. The third kappa shape index (κ3) is 4.59. The quantitative estimate of drug-likeness (QED) is 0.465. The maximum atomic E-state index is 13.7. The predicted octanol–water partition coefficient (Wildman–Crippen LogP) is 5.07. The second kappa shape index (κ2) is 8.02. The van der Waals surface area contributed by atoms with Crippen LogP contribution in [-0.2, 0) is 0 Å². The van der Waals surface area contributed by atoms with Crippen LogP contribution >= 0.6 is 0 Å². The van der Waals surface area contributed by atoms with Crippen molar-refractivity contribution < 1.29 is 9.18 Å². The van der Waals surface area contributed by atoms with E-state index in [4.69, 9.17) is 0 Å². The fourth-order valence-corrected chi connectivity index (χ4v) is 2.06. The van der Waals surface area contributed by atoms with E-state index in [0.717, 1.165) is 12.8 Å². The average Bonchev–Trinajstić information content (AvgIpc) is 2.36. The Hall–Kier alpha value is -1.18. The molecule has 0 fully saturated rings. The monoisotopic (exact) mass is 250 g/mol. The third-order valence-corrected chi connectivity index (χ3v) is 3.25. The van der Waals surface area contributed by atoms with Gasteiger partial charge in [0.05, 0.1) is 5.56 Å². The Morgan fingerprint density at radius 3 is 2.50 bits per heavy atom. The number of ketones is 1. The molecular weight excluding hydrogens is 227 g/mol. The lowest BCUT2D eigenvalue weighted by molar-refractivity contribution is 0.0975. The molecule has 1 aromatic rings. The Labute approximate surface area is 109 Å². The van der Waals surface area contributed by atoms with Crippen molar-refractivity contribution in [3.05, 3.63) is 35.1 Å². The van der Waals surface area contributed by atoms with Crippen LogP contribution in [0.2, 0.25) is 0 Å². The zero-order valence-corrected chi connectivity index (χ0v) is 11.5. The molecule has 0 atom stereocenters. The van der Waals surface area contributed by atoms with E-state index < -0.39 is 0 Å². The molecule has 100 valence electrons. The van der Waals surface area contributed by atoms with Crippen molar-refractivity contribution in [2.45, 2.75) is 58.8 Å². The van der Waals surface area contributed by atoms with Gasteiger partial charge in [0.25, 0.3) is 0 Å². The number of rotatable bonds is 8. The van der Waals surface area contributed by atoms with Crippen LogP contribution in [0.3, 0.4) is 0 Å². The van der Waals surface area contributed by atoms with Crippen molar-refractivity contribution in [3.8, 4) is 0 Å². The maximum absolute atomic E-state index is 13.7. The molecule has 0 radical (unpaired) electrons. The average molecular weight is 250 g/mol. The molecule has 0 spiro atoms. The van der Waals surface area contributed by atoms with Gasteiger partial charge in [0, 0.05) is 6.42 Å². The standard InChI is InChI=1S/C16H23FO/c1-3-4-5-6-7-8-12-15(18)14-11-9-10-13(2)16(14)17/h9-11H,3-8,12H2,1-2H3. The summed E-state index contributed by atoms with van der Waals surface area (Å²) in [6, 6.07) is 5.02. The predicted molar refractivity (Wildman–Crippen MR) is 73.5 cm³/mol. The molecule has 2 heteroatoms. The molecule has 1 nitrogen and oxygen atoms in total. The fourth-order valence-electron chi connectivity index (χ4n) is 2.06. The van der Waals surface area contributed by atoms with Gasteiger partial charge in [0.1, 0.15) is 5.82 Å². The number of carbonyl (C=O) groups excluding carboxylic acids is 1. The van der Waals surface area contributed by atoms with E-state index in [1.54, 1.807) is 25.1 Å². The maximum Gasteiger partial charge on any atom is 0.165 e. The molecule has 0 N–H and O–H groups in total. The third-order valence-electron chi connectivity index (χ3n) is 3.25. The molecule has 1 aromatic carbocycles. The molecule has 0 aromatic heterocycles. The summed E-state index contributed by atoms with van der Waals surface area (Å²) >= 11 is 0. The number of halogens is 1. The van der Waals surface area contributed by atoms with Crippen molar-refractivity contribution in [2.75, 3.05) is 0 Å². The van der Waals surface area contributed by atoms with Gasteiger partial charge in [-0.3, -0.25) is 4.79 Å². The minimum absolute atomic E-state index is 0.0632. The lowest BCUT2D eigenvalue weighted by Crippen LogP contribution is -2.03. The summed E-state index contributed by atoms with van der Waals surface area (Å²) < 4.78 is 13.7. The van der Waals surface area contributed by atoms with Gasteiger partial charge in [-0.2, -0.15) is 0 Å². The molecule has 0 aliphatic heterocycles. The summed E-state index contributed by atoms with van der Waals surface area (Å²) in [5.41, 5.74) is 0.798. The first-order valence-electron chi connectivity index (χ1n) is 6.95. The topological polar surface area (TPSA) is 17.1 Å². The van der Waals surface area contributed by atoms with Crippen molar-refractivity contribution >= 4 is 5.78 Å². The molecule has 0 amide bonds. The van der Waals surface area contributed by atoms with Crippen LogP contribution in [0, 0.1) is 12.7 Å². The molecule has 0 heterocycles. The number of unbranched alkanes of at least 4 members (excludes halogenated alkanes) is 5. The lowest BCUT2D eigenvalue weighted by Gasteiger charge is -2.04. The zero-order valence-electron chi connectivity index (χ0n) is 11.5. The van der Waals surface area contributed by atoms with E-state index in [1.165, 1.54) is 25.7 Å². The van der Waals surface area contributed by atoms with E-state index in [1.807, 2.05) is 0 Å². The van der Waals surface area contributed by atoms with Gasteiger partial charge in [-0.25, -0.2) is 4.39 Å².